The fraction of sp³-hybridized carbons (Fsp3) is 0.462. The van der Waals surface area contributed by atoms with E-state index in [0.29, 0.717) is 12.1 Å². The molecule has 98 valence electrons. The van der Waals surface area contributed by atoms with Gasteiger partial charge in [-0.2, -0.15) is 0 Å². The molecule has 0 aromatic heterocycles. The number of amides is 1. The van der Waals surface area contributed by atoms with Crippen molar-refractivity contribution in [1.82, 2.24) is 4.90 Å². The zero-order valence-electron chi connectivity index (χ0n) is 10.0. The highest BCUT2D eigenvalue weighted by atomic mass is 19.3. The van der Waals surface area contributed by atoms with E-state index >= 15 is 0 Å². The molecular weight excluding hydrogens is 238 g/mol. The van der Waals surface area contributed by atoms with E-state index in [1.807, 2.05) is 12.1 Å². The van der Waals surface area contributed by atoms with Gasteiger partial charge in [-0.15, -0.1) is 0 Å². The van der Waals surface area contributed by atoms with E-state index in [-0.39, 0.29) is 18.9 Å². The minimum atomic E-state index is -2.74. The molecule has 0 saturated carbocycles. The molecule has 0 bridgehead atoms. The monoisotopic (exact) mass is 254 g/mol. The predicted octanol–water partition coefficient (Wildman–Crippen LogP) is 1.67. The standard InChI is InChI=1S/C13H16F2N2O/c14-13(15)6-8-17(9-13)12(18)11-3-1-10(2-4-11)5-7-16/h1-4H,5-9,16H2. The number of halogens is 2. The largest absolute Gasteiger partial charge is 0.332 e. The second-order valence-corrected chi connectivity index (χ2v) is 4.57. The van der Waals surface area contributed by atoms with Crippen molar-refractivity contribution in [2.24, 2.45) is 5.73 Å². The summed E-state index contributed by atoms with van der Waals surface area (Å²) in [5.74, 6) is -3.07. The molecule has 0 unspecified atom stereocenters. The van der Waals surface area contributed by atoms with Crippen LogP contribution in [0.3, 0.4) is 0 Å². The Kier molecular flexibility index (Phi) is 3.61. The average molecular weight is 254 g/mol. The minimum absolute atomic E-state index is 0.121. The van der Waals surface area contributed by atoms with E-state index in [4.69, 9.17) is 5.73 Å². The highest BCUT2D eigenvalue weighted by Crippen LogP contribution is 2.27. The number of rotatable bonds is 3. The number of nitrogens with two attached hydrogens (primary N) is 1. The second-order valence-electron chi connectivity index (χ2n) is 4.57. The molecule has 0 spiro atoms. The first-order valence-corrected chi connectivity index (χ1v) is 5.98. The first-order valence-electron chi connectivity index (χ1n) is 5.98. The molecule has 1 aromatic carbocycles. The lowest BCUT2D eigenvalue weighted by Crippen LogP contribution is -2.31. The second kappa shape index (κ2) is 5.02. The molecule has 0 radical (unpaired) electrons. The Balaban J connectivity index is 2.05. The number of alkyl halides is 2. The van der Waals surface area contributed by atoms with Gasteiger partial charge in [-0.3, -0.25) is 4.79 Å². The molecule has 5 heteroatoms. The number of carbonyl (C=O) groups is 1. The van der Waals surface area contributed by atoms with E-state index in [2.05, 4.69) is 0 Å². The normalized spacial score (nSPS) is 18.1. The summed E-state index contributed by atoms with van der Waals surface area (Å²) in [6, 6.07) is 6.97. The number of likely N-dealkylation sites (tertiary alicyclic amines) is 1. The van der Waals surface area contributed by atoms with Crippen molar-refractivity contribution in [3.8, 4) is 0 Å². The fourth-order valence-electron chi connectivity index (χ4n) is 2.07. The maximum atomic E-state index is 13.0. The third-order valence-electron chi connectivity index (χ3n) is 3.09. The van der Waals surface area contributed by atoms with E-state index in [0.717, 1.165) is 12.0 Å². The Labute approximate surface area is 105 Å². The van der Waals surface area contributed by atoms with Crippen LogP contribution < -0.4 is 5.73 Å². The van der Waals surface area contributed by atoms with Crippen molar-refractivity contribution in [1.29, 1.82) is 0 Å². The molecule has 1 saturated heterocycles. The van der Waals surface area contributed by atoms with Crippen LogP contribution in [0.4, 0.5) is 8.78 Å². The predicted molar refractivity (Wildman–Crippen MR) is 64.7 cm³/mol. The van der Waals surface area contributed by atoms with Crippen LogP contribution in [0.25, 0.3) is 0 Å². The van der Waals surface area contributed by atoms with Gasteiger partial charge in [0.2, 0.25) is 0 Å². The van der Waals surface area contributed by atoms with Crippen LogP contribution in [-0.2, 0) is 6.42 Å². The molecule has 1 amide bonds. The van der Waals surface area contributed by atoms with Gasteiger partial charge in [-0.05, 0) is 30.7 Å². The summed E-state index contributed by atoms with van der Waals surface area (Å²) in [5.41, 5.74) is 6.92. The first-order chi connectivity index (χ1) is 8.52. The highest BCUT2D eigenvalue weighted by Gasteiger charge is 2.40. The van der Waals surface area contributed by atoms with Gasteiger partial charge in [-0.1, -0.05) is 12.1 Å². The van der Waals surface area contributed by atoms with E-state index < -0.39 is 12.5 Å². The molecule has 3 nitrogen and oxygen atoms in total. The lowest BCUT2D eigenvalue weighted by atomic mass is 10.1. The Morgan fingerprint density at radius 2 is 2.00 bits per heavy atom. The van der Waals surface area contributed by atoms with Crippen LogP contribution in [0.1, 0.15) is 22.3 Å². The molecule has 1 heterocycles. The van der Waals surface area contributed by atoms with Crippen LogP contribution in [0.15, 0.2) is 24.3 Å². The first kappa shape index (κ1) is 13.0. The zero-order valence-corrected chi connectivity index (χ0v) is 10.0. The highest BCUT2D eigenvalue weighted by molar-refractivity contribution is 5.94. The zero-order chi connectivity index (χ0) is 13.2. The van der Waals surface area contributed by atoms with Gasteiger partial charge < -0.3 is 10.6 Å². The summed E-state index contributed by atoms with van der Waals surface area (Å²) >= 11 is 0. The van der Waals surface area contributed by atoms with Crippen molar-refractivity contribution in [2.75, 3.05) is 19.6 Å². The molecule has 1 fully saturated rings. The Morgan fingerprint density at radius 1 is 1.33 bits per heavy atom. The average Bonchev–Trinajstić information content (AvgIpc) is 2.70. The van der Waals surface area contributed by atoms with Crippen LogP contribution in [0.5, 0.6) is 0 Å². The summed E-state index contributed by atoms with van der Waals surface area (Å²) in [7, 11) is 0. The minimum Gasteiger partial charge on any atom is -0.332 e. The van der Waals surface area contributed by atoms with Crippen molar-refractivity contribution >= 4 is 5.91 Å². The van der Waals surface area contributed by atoms with Crippen LogP contribution in [0.2, 0.25) is 0 Å². The molecule has 1 aliphatic rings. The van der Waals surface area contributed by atoms with E-state index in [1.165, 1.54) is 4.90 Å². The van der Waals surface area contributed by atoms with Gasteiger partial charge in [0, 0.05) is 18.5 Å². The summed E-state index contributed by atoms with van der Waals surface area (Å²) in [4.78, 5) is 13.2. The third-order valence-corrected chi connectivity index (χ3v) is 3.09. The maximum Gasteiger partial charge on any atom is 0.267 e. The Bertz CT molecular complexity index is 431. The lowest BCUT2D eigenvalue weighted by Gasteiger charge is -2.16. The van der Waals surface area contributed by atoms with Crippen LogP contribution in [-0.4, -0.2) is 36.4 Å². The van der Waals surface area contributed by atoms with Gasteiger partial charge in [0.15, 0.2) is 0 Å². The number of carbonyl (C=O) groups excluding carboxylic acids is 1. The maximum absolute atomic E-state index is 13.0. The van der Waals surface area contributed by atoms with Gasteiger partial charge in [0.25, 0.3) is 11.8 Å². The Morgan fingerprint density at radius 3 is 2.50 bits per heavy atom. The molecule has 0 aliphatic carbocycles. The summed E-state index contributed by atoms with van der Waals surface area (Å²) < 4.78 is 26.1. The van der Waals surface area contributed by atoms with E-state index in [9.17, 15) is 13.6 Å². The molecule has 2 rings (SSSR count). The van der Waals surface area contributed by atoms with Crippen molar-refractivity contribution in [3.63, 3.8) is 0 Å². The summed E-state index contributed by atoms with van der Waals surface area (Å²) in [6.07, 6.45) is 0.500. The van der Waals surface area contributed by atoms with E-state index in [1.54, 1.807) is 12.1 Å². The number of benzene rings is 1. The SMILES string of the molecule is NCCc1ccc(C(=O)N2CCC(F)(F)C2)cc1. The molecule has 1 aliphatic heterocycles. The lowest BCUT2D eigenvalue weighted by molar-refractivity contribution is 0.0120. The summed E-state index contributed by atoms with van der Waals surface area (Å²) in [5, 5.41) is 0. The van der Waals surface area contributed by atoms with Gasteiger partial charge in [0.05, 0.1) is 6.54 Å². The summed E-state index contributed by atoms with van der Waals surface area (Å²) in [6.45, 7) is 0.193. The number of hydrogen-bond donors (Lipinski definition) is 1. The van der Waals surface area contributed by atoms with Crippen molar-refractivity contribution in [3.05, 3.63) is 35.4 Å². The van der Waals surface area contributed by atoms with Gasteiger partial charge in [-0.25, -0.2) is 8.78 Å². The molecule has 18 heavy (non-hydrogen) atoms. The van der Waals surface area contributed by atoms with Gasteiger partial charge >= 0.3 is 0 Å². The number of nitrogens with zero attached hydrogens (tertiary/aromatic N) is 1. The fourth-order valence-corrected chi connectivity index (χ4v) is 2.07. The molecule has 1 aromatic rings. The molecule has 0 atom stereocenters. The van der Waals surface area contributed by atoms with Gasteiger partial charge in [0.1, 0.15) is 0 Å². The van der Waals surface area contributed by atoms with Crippen LogP contribution in [0, 0.1) is 0 Å². The number of hydrogen-bond acceptors (Lipinski definition) is 2. The van der Waals surface area contributed by atoms with Crippen LogP contribution >= 0.6 is 0 Å². The molecular formula is C13H16F2N2O. The molecule has 2 N–H and O–H groups in total. The van der Waals surface area contributed by atoms with Crippen molar-refractivity contribution in [2.45, 2.75) is 18.8 Å². The Hall–Kier alpha value is -1.49. The topological polar surface area (TPSA) is 46.3 Å². The smallest absolute Gasteiger partial charge is 0.267 e. The van der Waals surface area contributed by atoms with Crippen molar-refractivity contribution < 1.29 is 13.6 Å². The quantitative estimate of drug-likeness (QED) is 0.891. The third kappa shape index (κ3) is 2.85.